The first-order valence-corrected chi connectivity index (χ1v) is 6.40. The molecule has 1 aromatic heterocycles. The molecule has 2 heterocycles. The summed E-state index contributed by atoms with van der Waals surface area (Å²) < 4.78 is 0. The van der Waals surface area contributed by atoms with Crippen LogP contribution < -0.4 is 5.32 Å². The minimum absolute atomic E-state index is 0.0682. The summed E-state index contributed by atoms with van der Waals surface area (Å²) in [6.07, 6.45) is 3.22. The van der Waals surface area contributed by atoms with Crippen molar-refractivity contribution in [3.8, 4) is 0 Å². The summed E-state index contributed by atoms with van der Waals surface area (Å²) in [5.41, 5.74) is 0.651. The van der Waals surface area contributed by atoms with Crippen LogP contribution in [0.5, 0.6) is 0 Å². The van der Waals surface area contributed by atoms with Gasteiger partial charge in [-0.2, -0.15) is 0 Å². The third kappa shape index (κ3) is 2.76. The maximum Gasteiger partial charge on any atom is 0.248 e. The minimum atomic E-state index is -0.377. The molecule has 1 saturated heterocycles. The van der Waals surface area contributed by atoms with Gasteiger partial charge in [-0.1, -0.05) is 0 Å². The van der Waals surface area contributed by atoms with Crippen LogP contribution in [0.2, 0.25) is 0 Å². The normalized spacial score (nSPS) is 19.1. The summed E-state index contributed by atoms with van der Waals surface area (Å²) in [6.45, 7) is 1.48. The first-order chi connectivity index (χ1) is 8.18. The number of hydrogen-bond donors (Lipinski definition) is 1. The molecule has 6 heteroatoms. The molecule has 2 amide bonds. The van der Waals surface area contributed by atoms with E-state index in [9.17, 15) is 9.59 Å². The number of pyridine rings is 1. The first-order valence-electron chi connectivity index (χ1n) is 5.24. The Balaban J connectivity index is 2.03. The molecule has 5 nitrogen and oxygen atoms in total. The van der Waals surface area contributed by atoms with Crippen LogP contribution in [-0.2, 0) is 9.59 Å². The molecule has 90 valence electrons. The van der Waals surface area contributed by atoms with E-state index in [1.54, 1.807) is 41.2 Å². The van der Waals surface area contributed by atoms with Crippen LogP contribution in [0, 0.1) is 0 Å². The number of hydrogen-bond acceptors (Lipinski definition) is 4. The van der Waals surface area contributed by atoms with Gasteiger partial charge in [-0.15, -0.1) is 11.8 Å². The van der Waals surface area contributed by atoms with Crippen molar-refractivity contribution in [1.82, 2.24) is 9.88 Å². The lowest BCUT2D eigenvalue weighted by Crippen LogP contribution is -2.43. The highest BCUT2D eigenvalue weighted by Gasteiger charge is 2.32. The number of carbonyl (C=O) groups excluding carboxylic acids is 2. The molecule has 1 unspecified atom stereocenters. The van der Waals surface area contributed by atoms with Crippen LogP contribution in [0.1, 0.15) is 6.92 Å². The van der Waals surface area contributed by atoms with E-state index in [4.69, 9.17) is 0 Å². The molecule has 0 saturated carbocycles. The van der Waals surface area contributed by atoms with Crippen molar-refractivity contribution in [2.24, 2.45) is 0 Å². The second-order valence-electron chi connectivity index (χ2n) is 3.74. The SMILES string of the molecule is CC(=O)N1CSCC1C(=O)Nc1cccnc1. The van der Waals surface area contributed by atoms with Gasteiger partial charge in [-0.25, -0.2) is 0 Å². The summed E-state index contributed by atoms with van der Waals surface area (Å²) in [4.78, 5) is 28.8. The van der Waals surface area contributed by atoms with Gasteiger partial charge in [0, 0.05) is 18.9 Å². The molecular formula is C11H13N3O2S. The lowest BCUT2D eigenvalue weighted by Gasteiger charge is -2.21. The number of rotatable bonds is 2. The van der Waals surface area contributed by atoms with Crippen LogP contribution in [0.25, 0.3) is 0 Å². The predicted molar refractivity (Wildman–Crippen MR) is 66.5 cm³/mol. The van der Waals surface area contributed by atoms with E-state index in [0.717, 1.165) is 0 Å². The Kier molecular flexibility index (Phi) is 3.63. The highest BCUT2D eigenvalue weighted by Crippen LogP contribution is 2.21. The molecule has 17 heavy (non-hydrogen) atoms. The van der Waals surface area contributed by atoms with Gasteiger partial charge in [-0.05, 0) is 12.1 Å². The number of amides is 2. The van der Waals surface area contributed by atoms with Gasteiger partial charge >= 0.3 is 0 Å². The van der Waals surface area contributed by atoms with Crippen molar-refractivity contribution < 1.29 is 9.59 Å². The third-order valence-electron chi connectivity index (χ3n) is 2.52. The summed E-state index contributed by atoms with van der Waals surface area (Å²) in [7, 11) is 0. The fourth-order valence-corrected chi connectivity index (χ4v) is 2.85. The number of nitrogens with zero attached hydrogens (tertiary/aromatic N) is 2. The third-order valence-corrected chi connectivity index (χ3v) is 3.53. The largest absolute Gasteiger partial charge is 0.323 e. The van der Waals surface area contributed by atoms with Gasteiger partial charge in [0.1, 0.15) is 6.04 Å². The Hall–Kier alpha value is -1.56. The second-order valence-corrected chi connectivity index (χ2v) is 4.74. The Morgan fingerprint density at radius 3 is 3.06 bits per heavy atom. The average Bonchev–Trinajstić information content (AvgIpc) is 2.79. The lowest BCUT2D eigenvalue weighted by atomic mass is 10.2. The molecule has 0 aromatic carbocycles. The Morgan fingerprint density at radius 2 is 2.41 bits per heavy atom. The fourth-order valence-electron chi connectivity index (χ4n) is 1.63. The van der Waals surface area contributed by atoms with E-state index in [2.05, 4.69) is 10.3 Å². The van der Waals surface area contributed by atoms with Crippen LogP contribution >= 0.6 is 11.8 Å². The minimum Gasteiger partial charge on any atom is -0.323 e. The van der Waals surface area contributed by atoms with Crippen molar-refractivity contribution in [3.63, 3.8) is 0 Å². The average molecular weight is 251 g/mol. The maximum absolute atomic E-state index is 12.0. The molecule has 1 atom stereocenters. The molecule has 0 radical (unpaired) electrons. The summed E-state index contributed by atoms with van der Waals surface area (Å²) in [5.74, 6) is 1.01. The Bertz CT molecular complexity index is 424. The summed E-state index contributed by atoms with van der Waals surface area (Å²) >= 11 is 1.59. The van der Waals surface area contributed by atoms with Crippen molar-refractivity contribution in [3.05, 3.63) is 24.5 Å². The number of thioether (sulfide) groups is 1. The molecule has 0 bridgehead atoms. The van der Waals surface area contributed by atoms with Gasteiger partial charge in [-0.3, -0.25) is 14.6 Å². The molecular weight excluding hydrogens is 238 g/mol. The second kappa shape index (κ2) is 5.18. The van der Waals surface area contributed by atoms with Gasteiger partial charge < -0.3 is 10.2 Å². The standard InChI is InChI=1S/C11H13N3O2S/c1-8(15)14-7-17-6-10(14)11(16)13-9-3-2-4-12-5-9/h2-5,10H,6-7H2,1H3,(H,13,16). The fraction of sp³-hybridized carbons (Fsp3) is 0.364. The number of nitrogens with one attached hydrogen (secondary N) is 1. The molecule has 1 fully saturated rings. The zero-order chi connectivity index (χ0) is 12.3. The van der Waals surface area contributed by atoms with E-state index < -0.39 is 0 Å². The lowest BCUT2D eigenvalue weighted by molar-refractivity contribution is -0.134. The number of aromatic nitrogens is 1. The number of carbonyl (C=O) groups is 2. The van der Waals surface area contributed by atoms with Gasteiger partial charge in [0.2, 0.25) is 11.8 Å². The summed E-state index contributed by atoms with van der Waals surface area (Å²) in [6, 6.07) is 3.14. The molecule has 1 aromatic rings. The van der Waals surface area contributed by atoms with Gasteiger partial charge in [0.15, 0.2) is 0 Å². The summed E-state index contributed by atoms with van der Waals surface area (Å²) in [5, 5.41) is 2.76. The van der Waals surface area contributed by atoms with Crippen LogP contribution in [0.4, 0.5) is 5.69 Å². The Morgan fingerprint density at radius 1 is 1.59 bits per heavy atom. The molecule has 1 aliphatic rings. The first kappa shape index (κ1) is 11.9. The molecule has 2 rings (SSSR count). The van der Waals surface area contributed by atoms with Crippen LogP contribution in [0.3, 0.4) is 0 Å². The highest BCUT2D eigenvalue weighted by atomic mass is 32.2. The number of anilines is 1. The molecule has 0 aliphatic carbocycles. The highest BCUT2D eigenvalue weighted by molar-refractivity contribution is 7.99. The topological polar surface area (TPSA) is 62.3 Å². The van der Waals surface area contributed by atoms with Crippen LogP contribution in [-0.4, -0.2) is 39.4 Å². The monoisotopic (exact) mass is 251 g/mol. The van der Waals surface area contributed by atoms with Crippen LogP contribution in [0.15, 0.2) is 24.5 Å². The van der Waals surface area contributed by atoms with Crippen molar-refractivity contribution in [2.75, 3.05) is 16.9 Å². The zero-order valence-electron chi connectivity index (χ0n) is 9.42. The zero-order valence-corrected chi connectivity index (χ0v) is 10.2. The van der Waals surface area contributed by atoms with Crippen molar-refractivity contribution in [2.45, 2.75) is 13.0 Å². The molecule has 1 aliphatic heterocycles. The van der Waals surface area contributed by atoms with Gasteiger partial charge in [0.05, 0.1) is 17.8 Å². The Labute approximate surface area is 104 Å². The smallest absolute Gasteiger partial charge is 0.248 e. The van der Waals surface area contributed by atoms with E-state index in [1.165, 1.54) is 6.92 Å². The maximum atomic E-state index is 12.0. The van der Waals surface area contributed by atoms with Crippen molar-refractivity contribution >= 4 is 29.3 Å². The van der Waals surface area contributed by atoms with E-state index in [1.807, 2.05) is 0 Å². The van der Waals surface area contributed by atoms with Crippen molar-refractivity contribution in [1.29, 1.82) is 0 Å². The molecule has 1 N–H and O–H groups in total. The van der Waals surface area contributed by atoms with E-state index in [-0.39, 0.29) is 17.9 Å². The van der Waals surface area contributed by atoms with E-state index in [0.29, 0.717) is 17.3 Å². The quantitative estimate of drug-likeness (QED) is 0.849. The molecule has 0 spiro atoms. The van der Waals surface area contributed by atoms with Gasteiger partial charge in [0.25, 0.3) is 0 Å². The van der Waals surface area contributed by atoms with E-state index >= 15 is 0 Å². The predicted octanol–water partition coefficient (Wildman–Crippen LogP) is 0.942.